The number of para-hydroxylation sites is 2. The van der Waals surface area contributed by atoms with Crippen molar-refractivity contribution < 1.29 is 19.1 Å². The van der Waals surface area contributed by atoms with E-state index in [1.165, 1.54) is 0 Å². The second-order valence-electron chi connectivity index (χ2n) is 7.94. The normalized spacial score (nSPS) is 17.2. The van der Waals surface area contributed by atoms with Crippen LogP contribution in [0.4, 0.5) is 11.5 Å². The van der Waals surface area contributed by atoms with Crippen molar-refractivity contribution in [2.24, 2.45) is 5.92 Å². The van der Waals surface area contributed by atoms with Gasteiger partial charge >= 0.3 is 0 Å². The molecule has 1 N–H and O–H groups in total. The summed E-state index contributed by atoms with van der Waals surface area (Å²) < 4.78 is 12.4. The summed E-state index contributed by atoms with van der Waals surface area (Å²) >= 11 is 1.77. The Bertz CT molecular complexity index is 1210. The highest BCUT2D eigenvalue weighted by Gasteiger charge is 2.37. The zero-order valence-electron chi connectivity index (χ0n) is 18.4. The summed E-state index contributed by atoms with van der Waals surface area (Å²) in [4.78, 5) is 27.7. The number of aromatic nitrogens is 2. The fourth-order valence-electron chi connectivity index (χ4n) is 4.24. The van der Waals surface area contributed by atoms with Gasteiger partial charge in [-0.25, -0.2) is 4.68 Å². The number of rotatable bonds is 6. The Balaban J connectivity index is 1.39. The number of methoxy groups -OCH3 is 2. The monoisotopic (exact) mass is 464 g/mol. The number of hydrogen-bond donors (Lipinski definition) is 1. The minimum absolute atomic E-state index is 0.0934. The Kier molecular flexibility index (Phi) is 5.72. The van der Waals surface area contributed by atoms with Crippen LogP contribution in [-0.2, 0) is 21.1 Å². The maximum atomic E-state index is 13.3. The van der Waals surface area contributed by atoms with Gasteiger partial charge in [0.2, 0.25) is 11.8 Å². The molecule has 170 valence electrons. The third kappa shape index (κ3) is 3.93. The number of ether oxygens (including phenoxy) is 2. The summed E-state index contributed by atoms with van der Waals surface area (Å²) in [6, 6.07) is 14.9. The fourth-order valence-corrected chi connectivity index (χ4v) is 5.27. The van der Waals surface area contributed by atoms with Crippen LogP contribution in [-0.4, -0.2) is 42.4 Å². The number of carbonyl (C=O) groups excluding carboxylic acids is 2. The van der Waals surface area contributed by atoms with Crippen molar-refractivity contribution in [2.75, 3.05) is 31.0 Å². The topological polar surface area (TPSA) is 85.7 Å². The van der Waals surface area contributed by atoms with E-state index in [2.05, 4.69) is 5.32 Å². The van der Waals surface area contributed by atoms with Gasteiger partial charge < -0.3 is 19.7 Å². The quantitative estimate of drug-likeness (QED) is 0.600. The zero-order valence-corrected chi connectivity index (χ0v) is 19.2. The number of anilines is 2. The number of benzene rings is 2. The van der Waals surface area contributed by atoms with Crippen LogP contribution in [0.1, 0.15) is 17.7 Å². The van der Waals surface area contributed by atoms with E-state index in [4.69, 9.17) is 14.6 Å². The van der Waals surface area contributed by atoms with Gasteiger partial charge in [0, 0.05) is 30.0 Å². The first-order valence-electron chi connectivity index (χ1n) is 10.7. The summed E-state index contributed by atoms with van der Waals surface area (Å²) in [5, 5.41) is 7.83. The molecular formula is C24H24N4O4S. The molecule has 1 aromatic heterocycles. The van der Waals surface area contributed by atoms with E-state index in [-0.39, 0.29) is 18.2 Å². The maximum absolute atomic E-state index is 13.3. The molecule has 5 rings (SSSR count). The molecule has 3 heterocycles. The van der Waals surface area contributed by atoms with E-state index in [9.17, 15) is 9.59 Å². The molecule has 1 atom stereocenters. The van der Waals surface area contributed by atoms with Gasteiger partial charge in [0.15, 0.2) is 0 Å². The van der Waals surface area contributed by atoms with Crippen molar-refractivity contribution in [1.29, 1.82) is 0 Å². The second-order valence-corrected chi connectivity index (χ2v) is 8.93. The molecule has 2 aromatic carbocycles. The first-order valence-corrected chi connectivity index (χ1v) is 11.8. The van der Waals surface area contributed by atoms with Crippen LogP contribution < -0.4 is 19.7 Å². The molecule has 0 aliphatic carbocycles. The molecule has 1 fully saturated rings. The van der Waals surface area contributed by atoms with Crippen molar-refractivity contribution in [3.05, 3.63) is 59.8 Å². The number of nitrogens with one attached hydrogen (secondary N) is 1. The average molecular weight is 465 g/mol. The van der Waals surface area contributed by atoms with Gasteiger partial charge in [-0.1, -0.05) is 12.1 Å². The van der Waals surface area contributed by atoms with E-state index in [0.717, 1.165) is 34.2 Å². The maximum Gasteiger partial charge on any atom is 0.230 e. The van der Waals surface area contributed by atoms with Gasteiger partial charge in [-0.15, -0.1) is 0 Å². The molecule has 2 amide bonds. The van der Waals surface area contributed by atoms with Crippen LogP contribution in [0.15, 0.2) is 48.5 Å². The third-order valence-electron chi connectivity index (χ3n) is 5.98. The molecule has 0 spiro atoms. The Hall–Kier alpha value is -3.46. The zero-order chi connectivity index (χ0) is 22.9. The van der Waals surface area contributed by atoms with Crippen LogP contribution in [0.2, 0.25) is 0 Å². The van der Waals surface area contributed by atoms with Crippen molar-refractivity contribution in [2.45, 2.75) is 17.9 Å². The van der Waals surface area contributed by atoms with E-state index in [1.54, 1.807) is 35.6 Å². The second kappa shape index (κ2) is 8.82. The van der Waals surface area contributed by atoms with Crippen molar-refractivity contribution >= 4 is 35.1 Å². The number of fused-ring (bicyclic) bond motifs is 1. The summed E-state index contributed by atoms with van der Waals surface area (Å²) in [5.41, 5.74) is 3.53. The predicted octanol–water partition coefficient (Wildman–Crippen LogP) is 3.63. The smallest absolute Gasteiger partial charge is 0.230 e. The third-order valence-corrected chi connectivity index (χ3v) is 6.95. The molecule has 0 saturated carbocycles. The lowest BCUT2D eigenvalue weighted by Crippen LogP contribution is -2.29. The summed E-state index contributed by atoms with van der Waals surface area (Å²) in [6.45, 7) is 0.304. The van der Waals surface area contributed by atoms with Crippen molar-refractivity contribution in [3.8, 4) is 17.2 Å². The first kappa shape index (κ1) is 21.4. The lowest BCUT2D eigenvalue weighted by molar-refractivity contribution is -0.122. The largest absolute Gasteiger partial charge is 0.497 e. The molecule has 1 saturated heterocycles. The molecule has 8 nitrogen and oxygen atoms in total. The van der Waals surface area contributed by atoms with Gasteiger partial charge in [-0.2, -0.15) is 16.9 Å². The fraction of sp³-hybridized carbons (Fsp3) is 0.292. The van der Waals surface area contributed by atoms with Crippen LogP contribution in [0, 0.1) is 5.92 Å². The SMILES string of the molecule is COc1ccc(-n2nc3c(c2NC(=O)C2CC(=O)N(c4ccccc4OC)C2)CSC3)cc1. The van der Waals surface area contributed by atoms with E-state index >= 15 is 0 Å². The Morgan fingerprint density at radius 2 is 1.88 bits per heavy atom. The molecular weight excluding hydrogens is 440 g/mol. The highest BCUT2D eigenvalue weighted by Crippen LogP contribution is 2.37. The van der Waals surface area contributed by atoms with E-state index in [1.807, 2.05) is 48.5 Å². The van der Waals surface area contributed by atoms with Crippen LogP contribution in [0.5, 0.6) is 11.5 Å². The highest BCUT2D eigenvalue weighted by atomic mass is 32.2. The predicted molar refractivity (Wildman–Crippen MR) is 127 cm³/mol. The van der Waals surface area contributed by atoms with Gasteiger partial charge in [-0.05, 0) is 36.4 Å². The van der Waals surface area contributed by atoms with E-state index < -0.39 is 5.92 Å². The van der Waals surface area contributed by atoms with Crippen LogP contribution in [0.3, 0.4) is 0 Å². The minimum atomic E-state index is -0.466. The van der Waals surface area contributed by atoms with Crippen LogP contribution >= 0.6 is 11.8 Å². The molecule has 0 radical (unpaired) electrons. The number of nitrogens with zero attached hydrogens (tertiary/aromatic N) is 3. The Labute approximate surface area is 195 Å². The first-order chi connectivity index (χ1) is 16.1. The minimum Gasteiger partial charge on any atom is -0.497 e. The molecule has 0 bridgehead atoms. The Morgan fingerprint density at radius 1 is 1.09 bits per heavy atom. The number of carbonyl (C=O) groups is 2. The van der Waals surface area contributed by atoms with Crippen LogP contribution in [0.25, 0.3) is 5.69 Å². The average Bonchev–Trinajstić information content (AvgIpc) is 3.55. The molecule has 33 heavy (non-hydrogen) atoms. The molecule has 3 aromatic rings. The molecule has 9 heteroatoms. The highest BCUT2D eigenvalue weighted by molar-refractivity contribution is 7.98. The number of hydrogen-bond acceptors (Lipinski definition) is 6. The molecule has 2 aliphatic heterocycles. The van der Waals surface area contributed by atoms with Gasteiger partial charge in [-0.3, -0.25) is 9.59 Å². The Morgan fingerprint density at radius 3 is 2.64 bits per heavy atom. The standard InChI is InChI=1S/C24H24N4O4S/c1-31-17-9-7-16(8-10-17)28-23(18-13-33-14-19(18)26-28)25-24(30)15-11-22(29)27(12-15)20-5-3-4-6-21(20)32-2/h3-10,15H,11-14H2,1-2H3,(H,25,30). The molecule has 2 aliphatic rings. The van der Waals surface area contributed by atoms with E-state index in [0.29, 0.717) is 23.8 Å². The number of thioether (sulfide) groups is 1. The van der Waals surface area contributed by atoms with Crippen molar-refractivity contribution in [3.63, 3.8) is 0 Å². The summed E-state index contributed by atoms with van der Waals surface area (Å²) in [6.07, 6.45) is 0.150. The summed E-state index contributed by atoms with van der Waals surface area (Å²) in [7, 11) is 3.19. The lowest BCUT2D eigenvalue weighted by atomic mass is 10.1. The lowest BCUT2D eigenvalue weighted by Gasteiger charge is -2.19. The number of amides is 2. The van der Waals surface area contributed by atoms with Crippen molar-refractivity contribution in [1.82, 2.24) is 9.78 Å². The van der Waals surface area contributed by atoms with Gasteiger partial charge in [0.25, 0.3) is 0 Å². The van der Waals surface area contributed by atoms with Gasteiger partial charge in [0.1, 0.15) is 17.3 Å². The summed E-state index contributed by atoms with van der Waals surface area (Å²) in [5.74, 6) is 2.89. The van der Waals surface area contributed by atoms with Gasteiger partial charge in [0.05, 0.1) is 37.2 Å². The molecule has 1 unspecified atom stereocenters.